The molecule has 0 aromatic rings. The third-order valence-corrected chi connectivity index (χ3v) is 2.39. The second-order valence-electron chi connectivity index (χ2n) is 3.34. The van der Waals surface area contributed by atoms with E-state index >= 15 is 0 Å². The first-order valence-corrected chi connectivity index (χ1v) is 6.79. The van der Waals surface area contributed by atoms with Crippen molar-refractivity contribution in [3.05, 3.63) is 0 Å². The van der Waals surface area contributed by atoms with Crippen LogP contribution in [0.2, 0.25) is 0 Å². The predicted molar refractivity (Wildman–Crippen MR) is 58.9 cm³/mol. The van der Waals surface area contributed by atoms with Crippen LogP contribution in [-0.4, -0.2) is 40.6 Å². The van der Waals surface area contributed by atoms with Gasteiger partial charge in [-0.1, -0.05) is 0 Å². The van der Waals surface area contributed by atoms with Gasteiger partial charge >= 0.3 is 13.6 Å². The van der Waals surface area contributed by atoms with E-state index in [2.05, 4.69) is 5.32 Å². The van der Waals surface area contributed by atoms with Crippen LogP contribution in [0.5, 0.6) is 0 Å². The number of carbonyl (C=O) groups is 2. The number of carbonyl (C=O) groups excluding carboxylic acids is 2. The Hall–Kier alpha value is -0.950. The van der Waals surface area contributed by atoms with Crippen LogP contribution in [0.15, 0.2) is 0 Å². The molecule has 1 atom stereocenters. The molecule has 0 heterocycles. The van der Waals surface area contributed by atoms with Gasteiger partial charge in [-0.2, -0.15) is 0 Å². The molecule has 17 heavy (non-hydrogen) atoms. The van der Waals surface area contributed by atoms with Crippen molar-refractivity contribution in [2.24, 2.45) is 5.73 Å². The summed E-state index contributed by atoms with van der Waals surface area (Å²) in [6.45, 7) is 1.75. The molecule has 0 rings (SSSR count). The number of hydrogen-bond acceptors (Lipinski definition) is 5. The van der Waals surface area contributed by atoms with Gasteiger partial charge in [0.1, 0.15) is 6.04 Å². The molecule has 0 spiro atoms. The molecule has 0 saturated carbocycles. The fourth-order valence-electron chi connectivity index (χ4n) is 1.06. The normalized spacial score (nSPS) is 13.1. The number of ether oxygens (including phenoxy) is 1. The molecular weight excluding hydrogens is 251 g/mol. The summed E-state index contributed by atoms with van der Waals surface area (Å²) in [5.41, 5.74) is 4.92. The van der Waals surface area contributed by atoms with Gasteiger partial charge in [0, 0.05) is 6.42 Å². The van der Waals surface area contributed by atoms with Gasteiger partial charge in [-0.05, 0) is 13.3 Å². The summed E-state index contributed by atoms with van der Waals surface area (Å²) in [5, 5.41) is 2.35. The van der Waals surface area contributed by atoms with Crippen LogP contribution in [0.3, 0.4) is 0 Å². The highest BCUT2D eigenvalue weighted by molar-refractivity contribution is 7.51. The van der Waals surface area contributed by atoms with Crippen LogP contribution >= 0.6 is 7.60 Å². The summed E-state index contributed by atoms with van der Waals surface area (Å²) < 4.78 is 15.3. The maximum absolute atomic E-state index is 11.4. The first-order chi connectivity index (χ1) is 7.76. The fourth-order valence-corrected chi connectivity index (χ4v) is 1.52. The Labute approximate surface area is 98.7 Å². The van der Waals surface area contributed by atoms with E-state index in [-0.39, 0.29) is 19.4 Å². The molecule has 0 aromatic carbocycles. The number of hydrogen-bond donors (Lipinski definition) is 4. The largest absolute Gasteiger partial charge is 0.465 e. The van der Waals surface area contributed by atoms with Gasteiger partial charge in [0.2, 0.25) is 5.91 Å². The van der Waals surface area contributed by atoms with E-state index in [1.807, 2.05) is 0 Å². The number of esters is 1. The van der Waals surface area contributed by atoms with E-state index in [0.717, 1.165) is 0 Å². The molecule has 0 unspecified atom stereocenters. The first kappa shape index (κ1) is 16.1. The Kier molecular flexibility index (Phi) is 6.98. The van der Waals surface area contributed by atoms with Crippen LogP contribution in [0.25, 0.3) is 0 Å². The smallest absolute Gasteiger partial charge is 0.339 e. The zero-order chi connectivity index (χ0) is 13.5. The van der Waals surface area contributed by atoms with Crippen molar-refractivity contribution in [2.45, 2.75) is 25.8 Å². The molecule has 9 heteroatoms. The predicted octanol–water partition coefficient (Wildman–Crippen LogP) is -1.09. The minimum absolute atomic E-state index is 0.0359. The Balaban J connectivity index is 4.34. The maximum atomic E-state index is 11.4. The van der Waals surface area contributed by atoms with Gasteiger partial charge in [0.25, 0.3) is 0 Å². The van der Waals surface area contributed by atoms with Crippen molar-refractivity contribution in [3.8, 4) is 0 Å². The Morgan fingerprint density at radius 3 is 2.47 bits per heavy atom. The number of nitrogens with two attached hydrogens (primary N) is 1. The molecule has 0 aliphatic heterocycles. The molecule has 0 aliphatic carbocycles. The van der Waals surface area contributed by atoms with Gasteiger partial charge in [-0.25, -0.2) is 0 Å². The van der Waals surface area contributed by atoms with Crippen LogP contribution in [0, 0.1) is 0 Å². The summed E-state index contributed by atoms with van der Waals surface area (Å²) >= 11 is 0. The van der Waals surface area contributed by atoms with Crippen LogP contribution in [0.1, 0.15) is 19.8 Å². The zero-order valence-corrected chi connectivity index (χ0v) is 10.4. The average Bonchev–Trinajstić information content (AvgIpc) is 2.15. The summed E-state index contributed by atoms with van der Waals surface area (Å²) in [7, 11) is -4.26. The Bertz CT molecular complexity index is 315. The lowest BCUT2D eigenvalue weighted by molar-refractivity contribution is -0.145. The highest BCUT2D eigenvalue weighted by Crippen LogP contribution is 2.32. The minimum atomic E-state index is -4.26. The molecule has 0 bridgehead atoms. The lowest BCUT2D eigenvalue weighted by Gasteiger charge is -2.16. The van der Waals surface area contributed by atoms with Crippen molar-refractivity contribution in [3.63, 3.8) is 0 Å². The molecule has 100 valence electrons. The molecular formula is C8H17N2O6P. The van der Waals surface area contributed by atoms with E-state index in [0.29, 0.717) is 0 Å². The van der Waals surface area contributed by atoms with Gasteiger partial charge in [0.15, 0.2) is 0 Å². The van der Waals surface area contributed by atoms with E-state index in [1.54, 1.807) is 6.92 Å². The Morgan fingerprint density at radius 1 is 1.47 bits per heavy atom. The van der Waals surface area contributed by atoms with E-state index in [9.17, 15) is 14.2 Å². The molecule has 0 aliphatic rings. The average molecular weight is 268 g/mol. The molecule has 5 N–H and O–H groups in total. The number of primary amides is 1. The van der Waals surface area contributed by atoms with Gasteiger partial charge in [0.05, 0.1) is 12.9 Å². The van der Waals surface area contributed by atoms with E-state index < -0.39 is 31.8 Å². The third kappa shape index (κ3) is 8.82. The maximum Gasteiger partial charge on any atom is 0.339 e. The van der Waals surface area contributed by atoms with Crippen molar-refractivity contribution in [2.75, 3.05) is 12.9 Å². The van der Waals surface area contributed by atoms with Crippen molar-refractivity contribution < 1.29 is 28.7 Å². The quantitative estimate of drug-likeness (QED) is 0.324. The van der Waals surface area contributed by atoms with Gasteiger partial charge in [-0.15, -0.1) is 0 Å². The third-order valence-electron chi connectivity index (χ3n) is 1.79. The number of amides is 1. The molecule has 0 radical (unpaired) electrons. The van der Waals surface area contributed by atoms with E-state index in [4.69, 9.17) is 20.3 Å². The highest BCUT2D eigenvalue weighted by atomic mass is 31.2. The van der Waals surface area contributed by atoms with Crippen LogP contribution in [-0.2, 0) is 18.9 Å². The van der Waals surface area contributed by atoms with Gasteiger partial charge < -0.3 is 20.3 Å². The minimum Gasteiger partial charge on any atom is -0.465 e. The lowest BCUT2D eigenvalue weighted by atomic mass is 10.1. The van der Waals surface area contributed by atoms with Crippen molar-refractivity contribution in [1.29, 1.82) is 0 Å². The first-order valence-electron chi connectivity index (χ1n) is 4.99. The summed E-state index contributed by atoms with van der Waals surface area (Å²) in [6, 6.07) is -0.949. The molecule has 8 nitrogen and oxygen atoms in total. The zero-order valence-electron chi connectivity index (χ0n) is 9.46. The summed E-state index contributed by atoms with van der Waals surface area (Å²) in [6.07, 6.45) is -0.693. The molecule has 0 fully saturated rings. The van der Waals surface area contributed by atoms with Crippen LogP contribution < -0.4 is 11.1 Å². The molecule has 1 amide bonds. The fraction of sp³-hybridized carbons (Fsp3) is 0.750. The summed E-state index contributed by atoms with van der Waals surface area (Å²) in [5.74, 6) is -1.26. The number of nitrogens with one attached hydrogen (secondary N) is 1. The topological polar surface area (TPSA) is 139 Å². The van der Waals surface area contributed by atoms with Crippen molar-refractivity contribution in [1.82, 2.24) is 5.32 Å². The molecule has 0 saturated heterocycles. The highest BCUT2D eigenvalue weighted by Gasteiger charge is 2.23. The lowest BCUT2D eigenvalue weighted by Crippen LogP contribution is -2.39. The molecule has 0 aromatic heterocycles. The monoisotopic (exact) mass is 268 g/mol. The SMILES string of the molecule is CCOC(=O)[C@H](CCC(N)=O)NCP(=O)(O)O. The second kappa shape index (κ2) is 7.39. The Morgan fingerprint density at radius 2 is 2.06 bits per heavy atom. The standard InChI is InChI=1S/C8H17N2O6P/c1-2-16-8(12)6(3-4-7(9)11)10-5-17(13,14)15/h6,10H,2-5H2,1H3,(H2,9,11)(H2,13,14,15)/t6-/m0/s1. The second-order valence-corrected chi connectivity index (χ2v) is 4.98. The number of rotatable bonds is 8. The van der Waals surface area contributed by atoms with Crippen LogP contribution in [0.4, 0.5) is 0 Å². The van der Waals surface area contributed by atoms with Crippen molar-refractivity contribution >= 4 is 19.5 Å². The summed E-state index contributed by atoms with van der Waals surface area (Å²) in [4.78, 5) is 39.3. The van der Waals surface area contributed by atoms with E-state index in [1.165, 1.54) is 0 Å². The van der Waals surface area contributed by atoms with Gasteiger partial charge in [-0.3, -0.25) is 19.5 Å².